The van der Waals surface area contributed by atoms with Crippen molar-refractivity contribution >= 4 is 12.2 Å². The van der Waals surface area contributed by atoms with Crippen molar-refractivity contribution < 1.29 is 0 Å². The van der Waals surface area contributed by atoms with Crippen molar-refractivity contribution in [1.29, 1.82) is 0 Å². The van der Waals surface area contributed by atoms with E-state index in [2.05, 4.69) is 92.0 Å². The highest BCUT2D eigenvalue weighted by Crippen LogP contribution is 2.08. The fraction of sp³-hybridized carbons (Fsp3) is 0.273. The maximum Gasteiger partial charge on any atom is 0.0256 e. The van der Waals surface area contributed by atoms with Crippen LogP contribution in [0.1, 0.15) is 37.8 Å². The first kappa shape index (κ1) is 17.2. The Morgan fingerprint density at radius 2 is 1.09 bits per heavy atom. The molecule has 2 aromatic carbocycles. The zero-order chi connectivity index (χ0) is 16.3. The second-order valence-electron chi connectivity index (χ2n) is 5.74. The van der Waals surface area contributed by atoms with Crippen LogP contribution in [0.2, 0.25) is 0 Å². The van der Waals surface area contributed by atoms with Crippen LogP contribution in [0.15, 0.2) is 72.8 Å². The molecule has 23 heavy (non-hydrogen) atoms. The van der Waals surface area contributed by atoms with Crippen LogP contribution in [0.5, 0.6) is 0 Å². The van der Waals surface area contributed by atoms with Crippen LogP contribution in [0.3, 0.4) is 0 Å². The van der Waals surface area contributed by atoms with E-state index in [1.54, 1.807) is 0 Å². The summed E-state index contributed by atoms with van der Waals surface area (Å²) in [4.78, 5) is 0. The van der Waals surface area contributed by atoms with E-state index in [0.717, 1.165) is 12.8 Å². The zero-order valence-corrected chi connectivity index (χ0v) is 14.2. The van der Waals surface area contributed by atoms with Gasteiger partial charge in [-0.05, 0) is 24.0 Å². The first-order valence-electron chi connectivity index (χ1n) is 8.54. The van der Waals surface area contributed by atoms with Gasteiger partial charge in [0.05, 0.1) is 0 Å². The van der Waals surface area contributed by atoms with E-state index in [1.165, 1.54) is 11.1 Å². The summed E-state index contributed by atoms with van der Waals surface area (Å²) in [5, 5.41) is 3.72. The summed E-state index contributed by atoms with van der Waals surface area (Å²) in [5.41, 5.74) is 2.50. The number of benzene rings is 2. The Labute approximate surface area is 140 Å². The van der Waals surface area contributed by atoms with E-state index in [4.69, 9.17) is 0 Å². The molecule has 1 heteroatoms. The van der Waals surface area contributed by atoms with Crippen molar-refractivity contribution in [3.05, 3.63) is 83.9 Å². The van der Waals surface area contributed by atoms with Crippen molar-refractivity contribution in [3.63, 3.8) is 0 Å². The Hall–Kier alpha value is -2.12. The Morgan fingerprint density at radius 1 is 0.696 bits per heavy atom. The molecule has 0 aromatic heterocycles. The Kier molecular flexibility index (Phi) is 7.35. The van der Waals surface area contributed by atoms with Gasteiger partial charge in [0.15, 0.2) is 0 Å². The highest BCUT2D eigenvalue weighted by molar-refractivity contribution is 5.50. The van der Waals surface area contributed by atoms with Gasteiger partial charge in [-0.25, -0.2) is 0 Å². The van der Waals surface area contributed by atoms with Crippen molar-refractivity contribution in [2.45, 2.75) is 38.8 Å². The lowest BCUT2D eigenvalue weighted by molar-refractivity contribution is 0.510. The predicted molar refractivity (Wildman–Crippen MR) is 102 cm³/mol. The summed E-state index contributed by atoms with van der Waals surface area (Å²) in [6, 6.07) is 21.7. The number of hydrogen-bond donors (Lipinski definition) is 1. The molecule has 120 valence electrons. The third kappa shape index (κ3) is 6.25. The molecule has 0 aliphatic carbocycles. The quantitative estimate of drug-likeness (QED) is 0.673. The van der Waals surface area contributed by atoms with Gasteiger partial charge in [0.1, 0.15) is 0 Å². The molecule has 2 atom stereocenters. The molecule has 0 radical (unpaired) electrons. The van der Waals surface area contributed by atoms with E-state index in [1.807, 2.05) is 12.1 Å². The summed E-state index contributed by atoms with van der Waals surface area (Å²) >= 11 is 0. The molecule has 2 rings (SSSR count). The van der Waals surface area contributed by atoms with Crippen LogP contribution in [0.4, 0.5) is 0 Å². The second kappa shape index (κ2) is 9.81. The van der Waals surface area contributed by atoms with Gasteiger partial charge < -0.3 is 5.32 Å². The lowest BCUT2D eigenvalue weighted by Crippen LogP contribution is -2.35. The Morgan fingerprint density at radius 3 is 1.43 bits per heavy atom. The van der Waals surface area contributed by atoms with Crippen LogP contribution in [0.25, 0.3) is 12.2 Å². The second-order valence-corrected chi connectivity index (χ2v) is 5.74. The molecule has 0 heterocycles. The third-order valence-corrected chi connectivity index (χ3v) is 3.95. The van der Waals surface area contributed by atoms with Gasteiger partial charge in [0, 0.05) is 12.1 Å². The molecule has 0 bridgehead atoms. The SMILES string of the molecule is CCC(C=Cc1ccccc1)NC(C=Cc1ccccc1)CC. The smallest absolute Gasteiger partial charge is 0.0256 e. The number of hydrogen-bond acceptors (Lipinski definition) is 1. The highest BCUT2D eigenvalue weighted by atomic mass is 14.9. The topological polar surface area (TPSA) is 12.0 Å². The Balaban J connectivity index is 1.95. The van der Waals surface area contributed by atoms with Gasteiger partial charge in [0.2, 0.25) is 0 Å². The number of nitrogens with one attached hydrogen (secondary N) is 1. The van der Waals surface area contributed by atoms with Gasteiger partial charge >= 0.3 is 0 Å². The van der Waals surface area contributed by atoms with Gasteiger partial charge in [-0.1, -0.05) is 98.8 Å². The first-order chi connectivity index (χ1) is 11.3. The van der Waals surface area contributed by atoms with Crippen molar-refractivity contribution in [2.75, 3.05) is 0 Å². The standard InChI is InChI=1S/C22H27N/c1-3-21(17-15-19-11-7-5-8-12-19)23-22(4-2)18-16-20-13-9-6-10-14-20/h5-18,21-23H,3-4H2,1-2H3. The minimum absolute atomic E-state index is 0.389. The molecule has 2 aromatic rings. The minimum atomic E-state index is 0.389. The van der Waals surface area contributed by atoms with Gasteiger partial charge in [0.25, 0.3) is 0 Å². The van der Waals surface area contributed by atoms with Crippen LogP contribution in [-0.4, -0.2) is 12.1 Å². The lowest BCUT2D eigenvalue weighted by atomic mass is 10.1. The van der Waals surface area contributed by atoms with E-state index < -0.39 is 0 Å². The zero-order valence-electron chi connectivity index (χ0n) is 14.2. The molecule has 0 aliphatic rings. The molecule has 0 saturated carbocycles. The third-order valence-electron chi connectivity index (χ3n) is 3.95. The predicted octanol–water partition coefficient (Wildman–Crippen LogP) is 5.56. The molecular weight excluding hydrogens is 278 g/mol. The van der Waals surface area contributed by atoms with E-state index in [9.17, 15) is 0 Å². The normalized spacial score (nSPS) is 14.3. The molecule has 0 spiro atoms. The molecule has 1 N–H and O–H groups in total. The lowest BCUT2D eigenvalue weighted by Gasteiger charge is -2.19. The molecule has 1 nitrogen and oxygen atoms in total. The van der Waals surface area contributed by atoms with Gasteiger partial charge in [-0.3, -0.25) is 0 Å². The molecule has 0 saturated heterocycles. The summed E-state index contributed by atoms with van der Waals surface area (Å²) in [6.45, 7) is 4.45. The fourth-order valence-electron chi connectivity index (χ4n) is 2.48. The average molecular weight is 305 g/mol. The highest BCUT2D eigenvalue weighted by Gasteiger charge is 2.07. The number of rotatable bonds is 8. The molecule has 0 fully saturated rings. The van der Waals surface area contributed by atoms with Gasteiger partial charge in [-0.15, -0.1) is 0 Å². The van der Waals surface area contributed by atoms with Crippen molar-refractivity contribution in [2.24, 2.45) is 0 Å². The van der Waals surface area contributed by atoms with Crippen LogP contribution >= 0.6 is 0 Å². The fourth-order valence-corrected chi connectivity index (χ4v) is 2.48. The van der Waals surface area contributed by atoms with Gasteiger partial charge in [-0.2, -0.15) is 0 Å². The summed E-state index contributed by atoms with van der Waals surface area (Å²) in [6.07, 6.45) is 11.1. The van der Waals surface area contributed by atoms with Crippen LogP contribution < -0.4 is 5.32 Å². The Bertz CT molecular complexity index is 543. The maximum atomic E-state index is 3.72. The molecular formula is C22H27N. The summed E-state index contributed by atoms with van der Waals surface area (Å²) in [7, 11) is 0. The summed E-state index contributed by atoms with van der Waals surface area (Å²) in [5.74, 6) is 0. The van der Waals surface area contributed by atoms with E-state index in [-0.39, 0.29) is 0 Å². The van der Waals surface area contributed by atoms with Crippen molar-refractivity contribution in [3.8, 4) is 0 Å². The minimum Gasteiger partial charge on any atom is -0.304 e. The maximum absolute atomic E-state index is 3.72. The van der Waals surface area contributed by atoms with E-state index in [0.29, 0.717) is 12.1 Å². The van der Waals surface area contributed by atoms with Crippen LogP contribution in [0, 0.1) is 0 Å². The average Bonchev–Trinajstić information content (AvgIpc) is 2.63. The molecule has 2 unspecified atom stereocenters. The van der Waals surface area contributed by atoms with Crippen LogP contribution in [-0.2, 0) is 0 Å². The molecule has 0 aliphatic heterocycles. The summed E-state index contributed by atoms with van der Waals surface area (Å²) < 4.78 is 0. The molecule has 0 amide bonds. The first-order valence-corrected chi connectivity index (χ1v) is 8.54. The largest absolute Gasteiger partial charge is 0.304 e. The van der Waals surface area contributed by atoms with E-state index >= 15 is 0 Å². The van der Waals surface area contributed by atoms with Crippen molar-refractivity contribution in [1.82, 2.24) is 5.32 Å². The monoisotopic (exact) mass is 305 g/mol.